The van der Waals surface area contributed by atoms with Gasteiger partial charge < -0.3 is 9.80 Å². The molecule has 0 bridgehead atoms. The Hall–Kier alpha value is -7.16. The Morgan fingerprint density at radius 3 is 1.77 bits per heavy atom. The first-order valence-corrected chi connectivity index (χ1v) is 19.9. The molecule has 11 rings (SSSR count). The van der Waals surface area contributed by atoms with Crippen LogP contribution in [0.4, 0.5) is 34.1 Å². The van der Waals surface area contributed by atoms with Gasteiger partial charge in [-0.1, -0.05) is 184 Å². The lowest BCUT2D eigenvalue weighted by Gasteiger charge is -2.44. The summed E-state index contributed by atoms with van der Waals surface area (Å²) in [5.74, 6) is 0. The number of hydrogen-bond acceptors (Lipinski definition) is 2. The molecule has 0 saturated heterocycles. The van der Waals surface area contributed by atoms with E-state index in [4.69, 9.17) is 0 Å². The molecule has 1 heterocycles. The number of fused-ring (bicyclic) bond motifs is 6. The predicted octanol–water partition coefficient (Wildman–Crippen LogP) is 15.5. The molecule has 0 aromatic heterocycles. The number of nitrogens with zero attached hydrogens (tertiary/aromatic N) is 2. The Morgan fingerprint density at radius 2 is 0.965 bits per heavy atom. The minimum atomic E-state index is -0.238. The molecule has 1 aliphatic heterocycles. The van der Waals surface area contributed by atoms with Gasteiger partial charge in [0.15, 0.2) is 0 Å². The second-order valence-corrected chi connectivity index (χ2v) is 15.8. The van der Waals surface area contributed by atoms with E-state index in [0.29, 0.717) is 0 Å². The zero-order valence-corrected chi connectivity index (χ0v) is 32.0. The minimum Gasteiger partial charge on any atom is -0.308 e. The molecule has 0 aliphatic carbocycles. The molecule has 0 spiro atoms. The molecule has 10 aromatic rings. The highest BCUT2D eigenvalue weighted by Gasteiger charge is 2.39. The van der Waals surface area contributed by atoms with Crippen LogP contribution in [0.2, 0.25) is 0 Å². The standard InChI is InChI=1S/C55H40N2/c1-55(2)48-26-11-12-27-51(48)57(53-36-42(30-33-49(53)55)45-25-13-20-38-16-5-8-22-44(38)45)54-47-24-10-7-18-40(47)31-34-52(54)56(43-32-29-37-15-3-4-19-41(37)35-43)50-28-14-21-39-17-6-9-23-46(39)50/h3-36H,1-2H3. The fourth-order valence-electron chi connectivity index (χ4n) is 9.39. The molecule has 1 aliphatic rings. The van der Waals surface area contributed by atoms with Crippen molar-refractivity contribution in [3.05, 3.63) is 217 Å². The van der Waals surface area contributed by atoms with Crippen molar-refractivity contribution in [3.63, 3.8) is 0 Å². The molecule has 2 nitrogen and oxygen atoms in total. The van der Waals surface area contributed by atoms with Crippen LogP contribution in [0.25, 0.3) is 54.2 Å². The maximum atomic E-state index is 2.57. The Bertz CT molecular complexity index is 3180. The first kappa shape index (κ1) is 33.2. The van der Waals surface area contributed by atoms with Gasteiger partial charge in [0.1, 0.15) is 0 Å². The van der Waals surface area contributed by atoms with Crippen molar-refractivity contribution in [2.45, 2.75) is 19.3 Å². The van der Waals surface area contributed by atoms with Gasteiger partial charge in [-0.05, 0) is 91.0 Å². The quantitative estimate of drug-likeness (QED) is 0.174. The van der Waals surface area contributed by atoms with E-state index >= 15 is 0 Å². The summed E-state index contributed by atoms with van der Waals surface area (Å²) in [7, 11) is 0. The topological polar surface area (TPSA) is 6.48 Å². The monoisotopic (exact) mass is 728 g/mol. The van der Waals surface area contributed by atoms with Gasteiger partial charge in [-0.15, -0.1) is 0 Å². The third-order valence-electron chi connectivity index (χ3n) is 12.2. The number of benzene rings is 10. The van der Waals surface area contributed by atoms with E-state index in [2.05, 4.69) is 230 Å². The zero-order chi connectivity index (χ0) is 38.1. The molecule has 0 N–H and O–H groups in total. The molecule has 0 radical (unpaired) electrons. The summed E-state index contributed by atoms with van der Waals surface area (Å²) in [6, 6.07) is 76.0. The average molecular weight is 729 g/mol. The van der Waals surface area contributed by atoms with Gasteiger partial charge in [0.2, 0.25) is 0 Å². The number of anilines is 6. The smallest absolute Gasteiger partial charge is 0.0781 e. The van der Waals surface area contributed by atoms with Crippen LogP contribution in [0.5, 0.6) is 0 Å². The van der Waals surface area contributed by atoms with Crippen molar-refractivity contribution in [3.8, 4) is 11.1 Å². The number of para-hydroxylation sites is 1. The van der Waals surface area contributed by atoms with Crippen LogP contribution in [-0.2, 0) is 5.41 Å². The van der Waals surface area contributed by atoms with Gasteiger partial charge in [-0.25, -0.2) is 0 Å². The third kappa shape index (κ3) is 5.25. The molecule has 270 valence electrons. The van der Waals surface area contributed by atoms with E-state index in [1.165, 1.54) is 76.7 Å². The van der Waals surface area contributed by atoms with Crippen LogP contribution in [0, 0.1) is 0 Å². The Balaban J connectivity index is 1.26. The maximum Gasteiger partial charge on any atom is 0.0781 e. The predicted molar refractivity (Wildman–Crippen MR) is 243 cm³/mol. The molecule has 2 heteroatoms. The lowest BCUT2D eigenvalue weighted by molar-refractivity contribution is 0.632. The summed E-state index contributed by atoms with van der Waals surface area (Å²) in [6.07, 6.45) is 0. The Morgan fingerprint density at radius 1 is 0.386 bits per heavy atom. The van der Waals surface area contributed by atoms with Crippen molar-refractivity contribution in [1.82, 2.24) is 0 Å². The van der Waals surface area contributed by atoms with E-state index < -0.39 is 0 Å². The number of hydrogen-bond donors (Lipinski definition) is 0. The summed E-state index contributed by atoms with van der Waals surface area (Å²) >= 11 is 0. The maximum absolute atomic E-state index is 2.57. The van der Waals surface area contributed by atoms with E-state index in [1.807, 2.05) is 0 Å². The van der Waals surface area contributed by atoms with E-state index in [-0.39, 0.29) is 5.41 Å². The molecular weight excluding hydrogens is 689 g/mol. The van der Waals surface area contributed by atoms with Crippen molar-refractivity contribution < 1.29 is 0 Å². The molecule has 0 saturated carbocycles. The summed E-state index contributed by atoms with van der Waals surface area (Å²) in [4.78, 5) is 5.06. The van der Waals surface area contributed by atoms with Crippen LogP contribution < -0.4 is 9.80 Å². The first-order chi connectivity index (χ1) is 28.0. The van der Waals surface area contributed by atoms with E-state index in [1.54, 1.807) is 0 Å². The van der Waals surface area contributed by atoms with Crippen LogP contribution in [0.15, 0.2) is 206 Å². The largest absolute Gasteiger partial charge is 0.308 e. The summed E-state index contributed by atoms with van der Waals surface area (Å²) < 4.78 is 0. The van der Waals surface area contributed by atoms with Crippen molar-refractivity contribution >= 4 is 77.2 Å². The SMILES string of the molecule is CC1(C)c2ccccc2N(c2c(N(c3ccc4ccccc4c3)c3cccc4ccccc34)ccc3ccccc23)c2cc(-c3cccc4ccccc34)ccc21. The van der Waals surface area contributed by atoms with Crippen LogP contribution in [0.3, 0.4) is 0 Å². The molecular formula is C55H40N2. The van der Waals surface area contributed by atoms with Crippen LogP contribution in [-0.4, -0.2) is 0 Å². The Kier molecular flexibility index (Phi) is 7.55. The molecule has 0 atom stereocenters. The zero-order valence-electron chi connectivity index (χ0n) is 32.0. The van der Waals surface area contributed by atoms with Crippen molar-refractivity contribution in [2.75, 3.05) is 9.80 Å². The summed E-state index contributed by atoms with van der Waals surface area (Å²) in [6.45, 7) is 4.75. The summed E-state index contributed by atoms with van der Waals surface area (Å²) in [5, 5.41) is 9.72. The van der Waals surface area contributed by atoms with Gasteiger partial charge in [0.25, 0.3) is 0 Å². The average Bonchev–Trinajstić information content (AvgIpc) is 3.26. The van der Waals surface area contributed by atoms with Gasteiger partial charge in [-0.2, -0.15) is 0 Å². The second-order valence-electron chi connectivity index (χ2n) is 15.8. The first-order valence-electron chi connectivity index (χ1n) is 19.9. The van der Waals surface area contributed by atoms with Gasteiger partial charge in [-0.3, -0.25) is 0 Å². The lowest BCUT2D eigenvalue weighted by Crippen LogP contribution is -2.31. The van der Waals surface area contributed by atoms with Crippen LogP contribution in [0.1, 0.15) is 25.0 Å². The van der Waals surface area contributed by atoms with Crippen molar-refractivity contribution in [2.24, 2.45) is 0 Å². The molecule has 57 heavy (non-hydrogen) atoms. The van der Waals surface area contributed by atoms with E-state index in [0.717, 1.165) is 22.7 Å². The van der Waals surface area contributed by atoms with Gasteiger partial charge in [0, 0.05) is 21.9 Å². The molecule has 0 amide bonds. The fraction of sp³-hybridized carbons (Fsp3) is 0.0545. The molecule has 10 aromatic carbocycles. The second kappa shape index (κ2) is 13.0. The van der Waals surface area contributed by atoms with Crippen molar-refractivity contribution in [1.29, 1.82) is 0 Å². The van der Waals surface area contributed by atoms with Gasteiger partial charge in [0.05, 0.1) is 28.4 Å². The molecule has 0 fully saturated rings. The fourth-order valence-corrected chi connectivity index (χ4v) is 9.39. The lowest BCUT2D eigenvalue weighted by atomic mass is 9.73. The van der Waals surface area contributed by atoms with Crippen LogP contribution >= 0.6 is 0 Å². The minimum absolute atomic E-state index is 0.238. The highest BCUT2D eigenvalue weighted by atomic mass is 15.2. The van der Waals surface area contributed by atoms with E-state index in [9.17, 15) is 0 Å². The highest BCUT2D eigenvalue weighted by Crippen LogP contribution is 2.57. The Labute approximate surface area is 333 Å². The summed E-state index contributed by atoms with van der Waals surface area (Å²) in [5.41, 5.74) is 11.7. The van der Waals surface area contributed by atoms with Gasteiger partial charge >= 0.3 is 0 Å². The molecule has 0 unspecified atom stereocenters. The number of rotatable bonds is 5. The highest BCUT2D eigenvalue weighted by molar-refractivity contribution is 6.11. The normalized spacial score (nSPS) is 13.2. The third-order valence-corrected chi connectivity index (χ3v) is 12.2.